The summed E-state index contributed by atoms with van der Waals surface area (Å²) in [5, 5.41) is 24.8. The van der Waals surface area contributed by atoms with Crippen molar-refractivity contribution in [2.45, 2.75) is 77.4 Å². The third kappa shape index (κ3) is 9.20. The van der Waals surface area contributed by atoms with Crippen LogP contribution in [-0.2, 0) is 25.5 Å². The van der Waals surface area contributed by atoms with Gasteiger partial charge in [-0.3, -0.25) is 4.79 Å². The van der Waals surface area contributed by atoms with Crippen molar-refractivity contribution in [3.05, 3.63) is 47.6 Å². The van der Waals surface area contributed by atoms with Crippen molar-refractivity contribution in [3.63, 3.8) is 0 Å². The Balaban J connectivity index is 1.86. The third-order valence-electron chi connectivity index (χ3n) is 6.47. The number of benzene rings is 1. The van der Waals surface area contributed by atoms with Crippen LogP contribution < -0.4 is 0 Å². The van der Waals surface area contributed by atoms with E-state index in [2.05, 4.69) is 12.1 Å². The maximum atomic E-state index is 13.0. The van der Waals surface area contributed by atoms with Crippen molar-refractivity contribution in [3.8, 4) is 11.5 Å². The highest BCUT2D eigenvalue weighted by Crippen LogP contribution is 2.29. The number of piperidine rings is 1. The van der Waals surface area contributed by atoms with Gasteiger partial charge in [0.25, 0.3) is 5.91 Å². The van der Waals surface area contributed by atoms with Gasteiger partial charge in [0, 0.05) is 38.6 Å². The molecule has 208 valence electrons. The molecule has 1 fully saturated rings. The van der Waals surface area contributed by atoms with Crippen molar-refractivity contribution in [1.29, 1.82) is 0 Å². The lowest BCUT2D eigenvalue weighted by atomic mass is 9.99. The summed E-state index contributed by atoms with van der Waals surface area (Å²) >= 11 is 0. The first-order chi connectivity index (χ1) is 18.4. The van der Waals surface area contributed by atoms with Crippen molar-refractivity contribution in [1.82, 2.24) is 4.90 Å². The highest BCUT2D eigenvalue weighted by atomic mass is 16.6. The molecule has 0 spiro atoms. The first kappa shape index (κ1) is 29.2. The molecule has 38 heavy (non-hydrogen) atoms. The van der Waals surface area contributed by atoms with Crippen LogP contribution in [0.25, 0.3) is 0 Å². The highest BCUT2D eigenvalue weighted by molar-refractivity contribution is 6.00. The van der Waals surface area contributed by atoms with E-state index in [9.17, 15) is 19.8 Å². The number of unbranched alkanes of at least 4 members (excludes halogenated alkanes) is 1. The standard InChI is InChI=1S/C29H40N2O7/c1-3-4-16-36-25-12-8-10-21(2)38-29(35)28-22(18-24(32)19-26(28)33)17-23(11-9-13-25)30-37-20-27(34)31-14-6-5-7-15-31/h8-9,11-12,18-19,21,25,32-33H,3-7,10,13-17,20H2,1-2H3/b11-9+,12-8?,30-23-/t21-,25-/m1/s1. The van der Waals surface area contributed by atoms with Crippen LogP contribution in [0.1, 0.15) is 74.7 Å². The van der Waals surface area contributed by atoms with Gasteiger partial charge in [-0.05, 0) is 56.7 Å². The largest absolute Gasteiger partial charge is 0.508 e. The summed E-state index contributed by atoms with van der Waals surface area (Å²) in [6.45, 7) is 5.77. The van der Waals surface area contributed by atoms with E-state index >= 15 is 0 Å². The monoisotopic (exact) mass is 528 g/mol. The number of hydrogen-bond donors (Lipinski definition) is 2. The number of likely N-dealkylation sites (tertiary alicyclic amines) is 1. The fraction of sp³-hybridized carbons (Fsp3) is 0.552. The van der Waals surface area contributed by atoms with Gasteiger partial charge in [-0.25, -0.2) is 4.79 Å². The minimum Gasteiger partial charge on any atom is -0.508 e. The van der Waals surface area contributed by atoms with Crippen LogP contribution in [0.5, 0.6) is 11.5 Å². The molecule has 0 aromatic heterocycles. The zero-order chi connectivity index (χ0) is 27.3. The number of allylic oxidation sites excluding steroid dienone is 1. The predicted molar refractivity (Wildman–Crippen MR) is 144 cm³/mol. The molecule has 1 saturated heterocycles. The number of oxime groups is 1. The smallest absolute Gasteiger partial charge is 0.342 e. The lowest BCUT2D eigenvalue weighted by Gasteiger charge is -2.26. The SMILES string of the molecule is CCCCO[C@@H]1C=CC[C@@H](C)OC(=O)c2c(O)cc(O)cc2CC(=N\OCC(=O)N2CCCCC2)/C=C/C1. The third-order valence-corrected chi connectivity index (χ3v) is 6.47. The minimum absolute atomic E-state index is 0.0399. The van der Waals surface area contributed by atoms with Gasteiger partial charge >= 0.3 is 5.97 Å². The number of phenolic OH excluding ortho intramolecular Hbond substituents is 2. The number of aromatic hydroxyl groups is 2. The highest BCUT2D eigenvalue weighted by Gasteiger charge is 2.23. The average molecular weight is 529 g/mol. The normalized spacial score (nSPS) is 22.8. The summed E-state index contributed by atoms with van der Waals surface area (Å²) in [6, 6.07) is 2.50. The molecule has 1 aromatic carbocycles. The molecule has 0 radical (unpaired) electrons. The number of rotatable bonds is 7. The number of amides is 1. The topological polar surface area (TPSA) is 118 Å². The first-order valence-corrected chi connectivity index (χ1v) is 13.5. The van der Waals surface area contributed by atoms with Crippen LogP contribution in [0.15, 0.2) is 41.6 Å². The lowest BCUT2D eigenvalue weighted by Crippen LogP contribution is -2.37. The fourth-order valence-corrected chi connectivity index (χ4v) is 4.40. The van der Waals surface area contributed by atoms with Gasteiger partial charge in [0.1, 0.15) is 23.2 Å². The molecule has 0 aliphatic carbocycles. The quantitative estimate of drug-likeness (QED) is 0.229. The summed E-state index contributed by atoms with van der Waals surface area (Å²) < 4.78 is 11.6. The molecule has 1 amide bonds. The van der Waals surface area contributed by atoms with Crippen LogP contribution in [0, 0.1) is 0 Å². The molecule has 9 heteroatoms. The Kier molecular flexibility index (Phi) is 11.7. The first-order valence-electron chi connectivity index (χ1n) is 13.5. The molecule has 2 aliphatic heterocycles. The Hall–Kier alpha value is -3.33. The minimum atomic E-state index is -0.698. The Morgan fingerprint density at radius 2 is 1.95 bits per heavy atom. The summed E-state index contributed by atoms with van der Waals surface area (Å²) in [5.41, 5.74) is 0.705. The molecule has 1 aromatic rings. The molecular weight excluding hydrogens is 488 g/mol. The molecule has 2 N–H and O–H groups in total. The molecule has 9 nitrogen and oxygen atoms in total. The molecule has 2 aliphatic rings. The van der Waals surface area contributed by atoms with Crippen LogP contribution >= 0.6 is 0 Å². The summed E-state index contributed by atoms with van der Waals surface area (Å²) in [4.78, 5) is 32.7. The average Bonchev–Trinajstić information content (AvgIpc) is 2.88. The molecule has 2 heterocycles. The zero-order valence-corrected chi connectivity index (χ0v) is 22.4. The van der Waals surface area contributed by atoms with E-state index in [1.165, 1.54) is 6.07 Å². The predicted octanol–water partition coefficient (Wildman–Crippen LogP) is 4.66. The van der Waals surface area contributed by atoms with Gasteiger partial charge in [0.05, 0.1) is 11.8 Å². The van der Waals surface area contributed by atoms with Gasteiger partial charge in [-0.2, -0.15) is 0 Å². The van der Waals surface area contributed by atoms with Crippen LogP contribution in [0.2, 0.25) is 0 Å². The number of nitrogens with zero attached hydrogens (tertiary/aromatic N) is 2. The molecule has 2 atom stereocenters. The zero-order valence-electron chi connectivity index (χ0n) is 22.4. The number of ether oxygens (including phenoxy) is 2. The number of fused-ring (bicyclic) bond motifs is 1. The second-order valence-electron chi connectivity index (χ2n) is 9.75. The Morgan fingerprint density at radius 1 is 1.16 bits per heavy atom. The number of cyclic esters (lactones) is 1. The number of esters is 1. The molecule has 0 unspecified atom stereocenters. The second-order valence-corrected chi connectivity index (χ2v) is 9.75. The van der Waals surface area contributed by atoms with E-state index in [0.29, 0.717) is 30.7 Å². The van der Waals surface area contributed by atoms with E-state index in [1.54, 1.807) is 17.9 Å². The Morgan fingerprint density at radius 3 is 2.71 bits per heavy atom. The second kappa shape index (κ2) is 15.2. The van der Waals surface area contributed by atoms with Gasteiger partial charge in [0.2, 0.25) is 0 Å². The summed E-state index contributed by atoms with van der Waals surface area (Å²) in [6.07, 6.45) is 13.2. The van der Waals surface area contributed by atoms with Crippen molar-refractivity contribution < 1.29 is 34.1 Å². The molecule has 0 saturated carbocycles. The maximum Gasteiger partial charge on any atom is 0.342 e. The van der Waals surface area contributed by atoms with Crippen LogP contribution in [-0.4, -0.2) is 71.2 Å². The Labute approximate surface area is 224 Å². The van der Waals surface area contributed by atoms with Crippen LogP contribution in [0.3, 0.4) is 0 Å². The van der Waals surface area contributed by atoms with Gasteiger partial charge < -0.3 is 29.4 Å². The van der Waals surface area contributed by atoms with Crippen molar-refractivity contribution in [2.75, 3.05) is 26.3 Å². The van der Waals surface area contributed by atoms with E-state index in [0.717, 1.165) is 51.3 Å². The Bertz CT molecular complexity index is 1030. The van der Waals surface area contributed by atoms with E-state index in [-0.39, 0.29) is 42.1 Å². The van der Waals surface area contributed by atoms with Gasteiger partial charge in [-0.1, -0.05) is 36.7 Å². The summed E-state index contributed by atoms with van der Waals surface area (Å²) in [5.74, 6) is -1.40. The van der Waals surface area contributed by atoms with Gasteiger partial charge in [0.15, 0.2) is 6.61 Å². The van der Waals surface area contributed by atoms with Gasteiger partial charge in [-0.15, -0.1) is 0 Å². The molecular formula is C29H40N2O7. The number of carbonyl (C=O) groups is 2. The van der Waals surface area contributed by atoms with E-state index in [4.69, 9.17) is 14.3 Å². The number of carbonyl (C=O) groups excluding carboxylic acids is 2. The lowest BCUT2D eigenvalue weighted by molar-refractivity contribution is -0.137. The number of hydrogen-bond acceptors (Lipinski definition) is 8. The van der Waals surface area contributed by atoms with E-state index < -0.39 is 12.1 Å². The van der Waals surface area contributed by atoms with Crippen LogP contribution in [0.4, 0.5) is 0 Å². The fourth-order valence-electron chi connectivity index (χ4n) is 4.40. The molecule has 0 bridgehead atoms. The van der Waals surface area contributed by atoms with E-state index in [1.807, 2.05) is 18.2 Å². The molecule has 3 rings (SSSR count). The van der Waals surface area contributed by atoms with Crippen molar-refractivity contribution in [2.24, 2.45) is 5.16 Å². The maximum absolute atomic E-state index is 13.0. The summed E-state index contributed by atoms with van der Waals surface area (Å²) in [7, 11) is 0. The number of phenols is 2. The van der Waals surface area contributed by atoms with Crippen molar-refractivity contribution >= 4 is 17.6 Å².